The first-order chi connectivity index (χ1) is 5.58. The third-order valence-corrected chi connectivity index (χ3v) is 1.09. The maximum atomic E-state index is 9.00. The minimum Gasteiger partial charge on any atom is -0.481 e. The molecule has 74 valence electrons. The lowest BCUT2D eigenvalue weighted by atomic mass is 10.1. The van der Waals surface area contributed by atoms with Gasteiger partial charge >= 0.3 is 0 Å². The third kappa shape index (κ3) is 16.2. The van der Waals surface area contributed by atoms with Gasteiger partial charge in [0.2, 0.25) is 0 Å². The first-order valence-corrected chi connectivity index (χ1v) is 3.69. The van der Waals surface area contributed by atoms with E-state index < -0.39 is 5.97 Å². The monoisotopic (exact) mass is 179 g/mol. The van der Waals surface area contributed by atoms with Crippen LogP contribution in [0, 0.1) is 5.92 Å². The summed E-state index contributed by atoms with van der Waals surface area (Å²) in [6.45, 7) is 1.69. The van der Waals surface area contributed by atoms with Gasteiger partial charge < -0.3 is 21.1 Å². The molecule has 0 heterocycles. The summed E-state index contributed by atoms with van der Waals surface area (Å²) in [7, 11) is 0. The van der Waals surface area contributed by atoms with Gasteiger partial charge in [-0.2, -0.15) is 0 Å². The van der Waals surface area contributed by atoms with Gasteiger partial charge in [-0.15, -0.1) is 0 Å². The number of rotatable bonds is 4. The fraction of sp³-hybridized carbons (Fsp3) is 0.857. The molecule has 0 aromatic carbocycles. The van der Waals surface area contributed by atoms with Crippen molar-refractivity contribution in [2.45, 2.75) is 13.3 Å². The second-order valence-electron chi connectivity index (χ2n) is 2.33. The van der Waals surface area contributed by atoms with E-state index in [1.807, 2.05) is 0 Å². The molecule has 0 radical (unpaired) electrons. The highest BCUT2D eigenvalue weighted by molar-refractivity contribution is 5.62. The first-order valence-electron chi connectivity index (χ1n) is 3.69. The number of aliphatic hydroxyl groups is 2. The van der Waals surface area contributed by atoms with Gasteiger partial charge in [0, 0.05) is 26.1 Å². The van der Waals surface area contributed by atoms with E-state index in [-0.39, 0.29) is 19.1 Å². The average Bonchev–Trinajstić information content (AvgIpc) is 1.99. The second-order valence-corrected chi connectivity index (χ2v) is 2.33. The molecule has 0 saturated carbocycles. The number of nitrogens with two attached hydrogens (primary N) is 1. The first kappa shape index (κ1) is 13.9. The fourth-order valence-corrected chi connectivity index (χ4v) is 0.476. The molecule has 0 amide bonds. The highest BCUT2D eigenvalue weighted by atomic mass is 16.4. The second kappa shape index (κ2) is 10.3. The summed E-state index contributed by atoms with van der Waals surface area (Å²) >= 11 is 0. The summed E-state index contributed by atoms with van der Waals surface area (Å²) in [5, 5.41) is 24.3. The Labute approximate surface area is 71.8 Å². The smallest absolute Gasteiger partial charge is 0.300 e. The topological polar surface area (TPSA) is 104 Å². The molecule has 0 atom stereocenters. The summed E-state index contributed by atoms with van der Waals surface area (Å²) in [4.78, 5) is 9.00. The molecule has 0 aliphatic rings. The number of carboxylic acid groups (broad SMARTS) is 1. The van der Waals surface area contributed by atoms with E-state index in [4.69, 9.17) is 25.8 Å². The van der Waals surface area contributed by atoms with E-state index in [2.05, 4.69) is 0 Å². The Morgan fingerprint density at radius 3 is 1.83 bits per heavy atom. The summed E-state index contributed by atoms with van der Waals surface area (Å²) in [6.07, 6.45) is 0.701. The number of carbonyl (C=O) groups is 1. The molecule has 0 fully saturated rings. The molecule has 0 aromatic rings. The van der Waals surface area contributed by atoms with Crippen LogP contribution >= 0.6 is 0 Å². The van der Waals surface area contributed by atoms with Crippen molar-refractivity contribution < 1.29 is 20.1 Å². The van der Waals surface area contributed by atoms with E-state index in [0.29, 0.717) is 13.0 Å². The minimum absolute atomic E-state index is 0.0139. The number of hydrogen-bond acceptors (Lipinski definition) is 4. The maximum absolute atomic E-state index is 9.00. The summed E-state index contributed by atoms with van der Waals surface area (Å²) < 4.78 is 0. The zero-order valence-corrected chi connectivity index (χ0v) is 7.23. The molecule has 0 saturated heterocycles. The van der Waals surface area contributed by atoms with Gasteiger partial charge in [-0.3, -0.25) is 4.79 Å². The van der Waals surface area contributed by atoms with Crippen molar-refractivity contribution in [1.82, 2.24) is 0 Å². The Morgan fingerprint density at radius 2 is 1.75 bits per heavy atom. The van der Waals surface area contributed by atoms with Crippen molar-refractivity contribution >= 4 is 5.97 Å². The van der Waals surface area contributed by atoms with E-state index >= 15 is 0 Å². The Kier molecular flexibility index (Phi) is 12.0. The van der Waals surface area contributed by atoms with Gasteiger partial charge in [0.15, 0.2) is 0 Å². The standard InChI is InChI=1S/C5H13NO2.C2H4O2/c6-2-1-5(3-7)4-8;1-2(3)4/h5,7-8H,1-4,6H2;1H3,(H,3,4). The van der Waals surface area contributed by atoms with Crippen molar-refractivity contribution in [1.29, 1.82) is 0 Å². The highest BCUT2D eigenvalue weighted by Gasteiger charge is 2.01. The van der Waals surface area contributed by atoms with Crippen LogP contribution in [0.3, 0.4) is 0 Å². The Bertz CT molecular complexity index is 99.6. The molecule has 5 nitrogen and oxygen atoms in total. The number of aliphatic carboxylic acids is 1. The average molecular weight is 179 g/mol. The van der Waals surface area contributed by atoms with Gasteiger partial charge in [0.05, 0.1) is 0 Å². The Balaban J connectivity index is 0. The van der Waals surface area contributed by atoms with Crippen molar-refractivity contribution in [2.24, 2.45) is 11.7 Å². The molecule has 0 bridgehead atoms. The van der Waals surface area contributed by atoms with Gasteiger partial charge in [0.25, 0.3) is 5.97 Å². The molecule has 0 aliphatic heterocycles. The molecule has 0 aromatic heterocycles. The lowest BCUT2D eigenvalue weighted by Gasteiger charge is -2.06. The maximum Gasteiger partial charge on any atom is 0.300 e. The van der Waals surface area contributed by atoms with Crippen molar-refractivity contribution in [3.05, 3.63) is 0 Å². The molecule has 5 N–H and O–H groups in total. The van der Waals surface area contributed by atoms with Crippen LogP contribution < -0.4 is 5.73 Å². The number of hydrogen-bond donors (Lipinski definition) is 4. The Hall–Kier alpha value is -0.650. The quantitative estimate of drug-likeness (QED) is 0.444. The van der Waals surface area contributed by atoms with Crippen LogP contribution in [-0.2, 0) is 4.79 Å². The van der Waals surface area contributed by atoms with E-state index in [1.165, 1.54) is 0 Å². The normalized spacial score (nSPS) is 9.08. The van der Waals surface area contributed by atoms with Gasteiger partial charge in [-0.1, -0.05) is 0 Å². The molecule has 0 aliphatic carbocycles. The van der Waals surface area contributed by atoms with Crippen LogP contribution in [0.5, 0.6) is 0 Å². The fourth-order valence-electron chi connectivity index (χ4n) is 0.476. The zero-order valence-electron chi connectivity index (χ0n) is 7.23. The molecule has 0 rings (SSSR count). The summed E-state index contributed by atoms with van der Waals surface area (Å²) in [5.74, 6) is -0.847. The molecular weight excluding hydrogens is 162 g/mol. The molecule has 5 heteroatoms. The number of aliphatic hydroxyl groups excluding tert-OH is 2. The lowest BCUT2D eigenvalue weighted by molar-refractivity contribution is -0.134. The minimum atomic E-state index is -0.833. The van der Waals surface area contributed by atoms with Gasteiger partial charge in [-0.25, -0.2) is 0 Å². The predicted molar refractivity (Wildman–Crippen MR) is 44.6 cm³/mol. The van der Waals surface area contributed by atoms with Crippen molar-refractivity contribution in [3.63, 3.8) is 0 Å². The highest BCUT2D eigenvalue weighted by Crippen LogP contribution is 1.96. The number of carboxylic acids is 1. The van der Waals surface area contributed by atoms with Crippen LogP contribution in [-0.4, -0.2) is 41.0 Å². The van der Waals surface area contributed by atoms with Gasteiger partial charge in [-0.05, 0) is 13.0 Å². The van der Waals surface area contributed by atoms with Gasteiger partial charge in [0.1, 0.15) is 0 Å². The summed E-state index contributed by atoms with van der Waals surface area (Å²) in [5.41, 5.74) is 5.16. The zero-order chi connectivity index (χ0) is 9.98. The van der Waals surface area contributed by atoms with E-state index in [0.717, 1.165) is 6.92 Å². The van der Waals surface area contributed by atoms with E-state index in [9.17, 15) is 0 Å². The third-order valence-electron chi connectivity index (χ3n) is 1.09. The molecule has 12 heavy (non-hydrogen) atoms. The SMILES string of the molecule is CC(=O)O.NCCC(CO)CO. The van der Waals surface area contributed by atoms with E-state index in [1.54, 1.807) is 0 Å². The van der Waals surface area contributed by atoms with Crippen molar-refractivity contribution in [2.75, 3.05) is 19.8 Å². The lowest BCUT2D eigenvalue weighted by Crippen LogP contribution is -2.15. The molecular formula is C7H17NO4. The summed E-state index contributed by atoms with van der Waals surface area (Å²) in [6, 6.07) is 0. The van der Waals surface area contributed by atoms with Crippen LogP contribution in [0.1, 0.15) is 13.3 Å². The molecule has 0 unspecified atom stereocenters. The van der Waals surface area contributed by atoms with Crippen LogP contribution in [0.25, 0.3) is 0 Å². The molecule has 0 spiro atoms. The van der Waals surface area contributed by atoms with Crippen LogP contribution in [0.2, 0.25) is 0 Å². The van der Waals surface area contributed by atoms with Crippen LogP contribution in [0.15, 0.2) is 0 Å². The Morgan fingerprint density at radius 1 is 1.42 bits per heavy atom. The largest absolute Gasteiger partial charge is 0.481 e. The van der Waals surface area contributed by atoms with Crippen molar-refractivity contribution in [3.8, 4) is 0 Å². The van der Waals surface area contributed by atoms with Crippen LogP contribution in [0.4, 0.5) is 0 Å². The predicted octanol–water partition coefficient (Wildman–Crippen LogP) is -0.973.